The molecule has 27 heavy (non-hydrogen) atoms. The minimum atomic E-state index is -0.395. The average molecular weight is 385 g/mol. The highest BCUT2D eigenvalue weighted by Gasteiger charge is 2.33. The Morgan fingerprint density at radius 3 is 2.70 bits per heavy atom. The molecule has 2 saturated heterocycles. The SMILES string of the molecule is Cc1ccc(NC(=O)OCC2CC3CCC(C2)N3)c(-c2cccc(Cl)c2)c1. The number of nitrogens with one attached hydrogen (secondary N) is 2. The van der Waals surface area contributed by atoms with E-state index >= 15 is 0 Å². The number of hydrogen-bond donors (Lipinski definition) is 2. The van der Waals surface area contributed by atoms with E-state index in [1.165, 1.54) is 12.8 Å². The molecule has 2 aliphatic rings. The summed E-state index contributed by atoms with van der Waals surface area (Å²) in [6, 6.07) is 14.8. The third-order valence-corrected chi connectivity index (χ3v) is 5.80. The molecule has 2 fully saturated rings. The van der Waals surface area contributed by atoms with Crippen LogP contribution in [0.1, 0.15) is 31.2 Å². The molecule has 2 atom stereocenters. The molecule has 1 amide bonds. The number of fused-ring (bicyclic) bond motifs is 2. The van der Waals surface area contributed by atoms with E-state index in [4.69, 9.17) is 16.3 Å². The fraction of sp³-hybridized carbons (Fsp3) is 0.409. The molecule has 4 rings (SSSR count). The Bertz CT molecular complexity index is 827. The van der Waals surface area contributed by atoms with Crippen LogP contribution in [0.3, 0.4) is 0 Å². The van der Waals surface area contributed by atoms with Gasteiger partial charge in [0.2, 0.25) is 0 Å². The highest BCUT2D eigenvalue weighted by molar-refractivity contribution is 6.30. The van der Waals surface area contributed by atoms with Gasteiger partial charge in [0.15, 0.2) is 0 Å². The van der Waals surface area contributed by atoms with Gasteiger partial charge < -0.3 is 10.1 Å². The second-order valence-electron chi connectivity index (χ2n) is 7.76. The molecule has 5 heteroatoms. The molecular formula is C22H25ClN2O2. The van der Waals surface area contributed by atoms with Gasteiger partial charge in [0.1, 0.15) is 0 Å². The normalized spacial score (nSPS) is 23.9. The van der Waals surface area contributed by atoms with Crippen molar-refractivity contribution in [3.8, 4) is 11.1 Å². The van der Waals surface area contributed by atoms with Crippen LogP contribution in [0.25, 0.3) is 11.1 Å². The van der Waals surface area contributed by atoms with Gasteiger partial charge in [0.25, 0.3) is 0 Å². The van der Waals surface area contributed by atoms with E-state index in [9.17, 15) is 4.79 Å². The summed E-state index contributed by atoms with van der Waals surface area (Å²) in [6.07, 6.45) is 4.30. The molecule has 142 valence electrons. The summed E-state index contributed by atoms with van der Waals surface area (Å²) in [4.78, 5) is 12.4. The molecule has 0 aromatic heterocycles. The van der Waals surface area contributed by atoms with E-state index in [0.29, 0.717) is 29.6 Å². The van der Waals surface area contributed by atoms with Gasteiger partial charge in [0.05, 0.1) is 12.3 Å². The zero-order chi connectivity index (χ0) is 18.8. The first-order valence-corrected chi connectivity index (χ1v) is 10.0. The van der Waals surface area contributed by atoms with Crippen molar-refractivity contribution >= 4 is 23.4 Å². The minimum absolute atomic E-state index is 0.395. The summed E-state index contributed by atoms with van der Waals surface area (Å²) in [5, 5.41) is 7.20. The van der Waals surface area contributed by atoms with Gasteiger partial charge in [-0.25, -0.2) is 4.79 Å². The Labute approximate surface area is 165 Å². The molecule has 0 radical (unpaired) electrons. The summed E-state index contributed by atoms with van der Waals surface area (Å²) in [7, 11) is 0. The van der Waals surface area contributed by atoms with Crippen LogP contribution in [0.5, 0.6) is 0 Å². The molecule has 0 aliphatic carbocycles. The highest BCUT2D eigenvalue weighted by Crippen LogP contribution is 2.32. The number of aryl methyl sites for hydroxylation is 1. The van der Waals surface area contributed by atoms with Crippen LogP contribution in [0.2, 0.25) is 5.02 Å². The number of rotatable bonds is 4. The molecule has 2 aromatic carbocycles. The van der Waals surface area contributed by atoms with Crippen molar-refractivity contribution in [2.24, 2.45) is 5.92 Å². The van der Waals surface area contributed by atoms with E-state index in [-0.39, 0.29) is 0 Å². The molecule has 2 heterocycles. The first-order valence-electron chi connectivity index (χ1n) is 9.63. The van der Waals surface area contributed by atoms with Crippen molar-refractivity contribution < 1.29 is 9.53 Å². The summed E-state index contributed by atoms with van der Waals surface area (Å²) in [6.45, 7) is 2.51. The van der Waals surface area contributed by atoms with Crippen molar-refractivity contribution in [3.05, 3.63) is 53.1 Å². The zero-order valence-corrected chi connectivity index (χ0v) is 16.3. The fourth-order valence-corrected chi connectivity index (χ4v) is 4.50. The van der Waals surface area contributed by atoms with Crippen molar-refractivity contribution in [2.45, 2.75) is 44.7 Å². The van der Waals surface area contributed by atoms with Gasteiger partial charge in [-0.1, -0.05) is 35.4 Å². The monoisotopic (exact) mass is 384 g/mol. The number of amides is 1. The van der Waals surface area contributed by atoms with E-state index in [1.54, 1.807) is 0 Å². The van der Waals surface area contributed by atoms with Crippen LogP contribution < -0.4 is 10.6 Å². The van der Waals surface area contributed by atoms with Crippen LogP contribution in [-0.4, -0.2) is 24.8 Å². The van der Waals surface area contributed by atoms with Gasteiger partial charge in [0, 0.05) is 22.7 Å². The van der Waals surface area contributed by atoms with Gasteiger partial charge in [-0.3, -0.25) is 5.32 Å². The maximum absolute atomic E-state index is 12.4. The largest absolute Gasteiger partial charge is 0.449 e. The third kappa shape index (κ3) is 4.45. The molecule has 2 aromatic rings. The van der Waals surface area contributed by atoms with E-state index in [0.717, 1.165) is 35.2 Å². The lowest BCUT2D eigenvalue weighted by Gasteiger charge is -2.28. The number of anilines is 1. The maximum atomic E-state index is 12.4. The summed E-state index contributed by atoms with van der Waals surface area (Å²) >= 11 is 6.14. The van der Waals surface area contributed by atoms with E-state index in [1.807, 2.05) is 49.4 Å². The lowest BCUT2D eigenvalue weighted by Crippen LogP contribution is -2.39. The van der Waals surface area contributed by atoms with Gasteiger partial charge in [-0.05, 0) is 68.4 Å². The topological polar surface area (TPSA) is 50.4 Å². The molecule has 2 unspecified atom stereocenters. The molecule has 0 spiro atoms. The first kappa shape index (κ1) is 18.3. The lowest BCUT2D eigenvalue weighted by atomic mass is 9.93. The predicted molar refractivity (Wildman–Crippen MR) is 109 cm³/mol. The Balaban J connectivity index is 1.42. The van der Waals surface area contributed by atoms with Crippen LogP contribution in [-0.2, 0) is 4.74 Å². The second kappa shape index (κ2) is 7.91. The number of benzene rings is 2. The van der Waals surface area contributed by atoms with Crippen LogP contribution >= 0.6 is 11.6 Å². The number of piperidine rings is 1. The number of carbonyl (C=O) groups is 1. The summed E-state index contributed by atoms with van der Waals surface area (Å²) in [5.74, 6) is 0.458. The first-order chi connectivity index (χ1) is 13.1. The van der Waals surface area contributed by atoms with Gasteiger partial charge >= 0.3 is 6.09 Å². The minimum Gasteiger partial charge on any atom is -0.449 e. The Hall–Kier alpha value is -2.04. The zero-order valence-electron chi connectivity index (χ0n) is 15.5. The average Bonchev–Trinajstić information content (AvgIpc) is 2.99. The maximum Gasteiger partial charge on any atom is 0.411 e. The van der Waals surface area contributed by atoms with Crippen molar-refractivity contribution in [3.63, 3.8) is 0 Å². The van der Waals surface area contributed by atoms with Crippen LogP contribution in [0.15, 0.2) is 42.5 Å². The Morgan fingerprint density at radius 1 is 1.19 bits per heavy atom. The smallest absolute Gasteiger partial charge is 0.411 e. The van der Waals surface area contributed by atoms with Crippen molar-refractivity contribution in [1.82, 2.24) is 5.32 Å². The van der Waals surface area contributed by atoms with Crippen LogP contribution in [0, 0.1) is 12.8 Å². The lowest BCUT2D eigenvalue weighted by molar-refractivity contribution is 0.122. The molecular weight excluding hydrogens is 360 g/mol. The second-order valence-corrected chi connectivity index (χ2v) is 8.19. The highest BCUT2D eigenvalue weighted by atomic mass is 35.5. The molecule has 2 bridgehead atoms. The third-order valence-electron chi connectivity index (χ3n) is 5.57. The number of carbonyl (C=O) groups excluding carboxylic acids is 1. The molecule has 4 nitrogen and oxygen atoms in total. The standard InChI is InChI=1S/C22H25ClN2O2/c1-14-5-8-21(20(9-14)16-3-2-4-17(23)12-16)25-22(26)27-13-15-10-18-6-7-19(11-15)24-18/h2-5,8-9,12,15,18-19,24H,6-7,10-11,13H2,1H3,(H,25,26). The Kier molecular flexibility index (Phi) is 5.37. The molecule has 2 N–H and O–H groups in total. The summed E-state index contributed by atoms with van der Waals surface area (Å²) in [5.41, 5.74) is 3.76. The van der Waals surface area contributed by atoms with Gasteiger partial charge in [-0.15, -0.1) is 0 Å². The predicted octanol–water partition coefficient (Wildman–Crippen LogP) is 5.39. The molecule has 2 aliphatic heterocycles. The van der Waals surface area contributed by atoms with Crippen molar-refractivity contribution in [2.75, 3.05) is 11.9 Å². The quantitative estimate of drug-likeness (QED) is 0.742. The van der Waals surface area contributed by atoms with Crippen molar-refractivity contribution in [1.29, 1.82) is 0 Å². The molecule has 0 saturated carbocycles. The number of hydrogen-bond acceptors (Lipinski definition) is 3. The number of halogens is 1. The van der Waals surface area contributed by atoms with Crippen LogP contribution in [0.4, 0.5) is 10.5 Å². The van der Waals surface area contributed by atoms with E-state index < -0.39 is 6.09 Å². The fourth-order valence-electron chi connectivity index (χ4n) is 4.31. The van der Waals surface area contributed by atoms with Gasteiger partial charge in [-0.2, -0.15) is 0 Å². The number of ether oxygens (including phenoxy) is 1. The Morgan fingerprint density at radius 2 is 1.96 bits per heavy atom. The summed E-state index contributed by atoms with van der Waals surface area (Å²) < 4.78 is 5.55. The van der Waals surface area contributed by atoms with E-state index in [2.05, 4.69) is 10.6 Å².